The molecule has 3 nitrogen and oxygen atoms in total. The molecule has 46 valence electrons. The second-order valence-electron chi connectivity index (χ2n) is 1.92. The van der Waals surface area contributed by atoms with E-state index in [0.717, 1.165) is 13.0 Å². The van der Waals surface area contributed by atoms with Gasteiger partial charge in [-0.3, -0.25) is 0 Å². The minimum atomic E-state index is 1.13. The second-order valence-corrected chi connectivity index (χ2v) is 1.92. The summed E-state index contributed by atoms with van der Waals surface area (Å²) in [6.07, 6.45) is 3.28. The van der Waals surface area contributed by atoms with Crippen LogP contribution < -0.4 is 5.43 Å². The van der Waals surface area contributed by atoms with Gasteiger partial charge in [-0.1, -0.05) is 0 Å². The standard InChI is InChI=1S/C5H12N3/c1-6-8-5-3-4-7(8)2/h5-6H,3-4H2,1-2H3/q+1. The quantitative estimate of drug-likeness (QED) is 0.461. The van der Waals surface area contributed by atoms with Gasteiger partial charge >= 0.3 is 0 Å². The van der Waals surface area contributed by atoms with Gasteiger partial charge in [-0.25, -0.2) is 0 Å². The molecule has 0 bridgehead atoms. The molecule has 0 spiro atoms. The lowest BCUT2D eigenvalue weighted by Gasteiger charge is -2.04. The number of rotatable bonds is 1. The van der Waals surface area contributed by atoms with Crippen LogP contribution in [-0.2, 0) is 0 Å². The average Bonchev–Trinajstić information content (AvgIpc) is 2.14. The Labute approximate surface area is 49.5 Å². The third-order valence-electron chi connectivity index (χ3n) is 1.35. The number of hydrazone groups is 2. The molecule has 0 aliphatic carbocycles. The van der Waals surface area contributed by atoms with Crippen molar-refractivity contribution in [3.63, 3.8) is 0 Å². The number of nitrogens with zero attached hydrogens (tertiary/aromatic N) is 2. The van der Waals surface area contributed by atoms with E-state index in [4.69, 9.17) is 0 Å². The fourth-order valence-corrected chi connectivity index (χ4v) is 0.876. The van der Waals surface area contributed by atoms with Crippen LogP contribution in [0.4, 0.5) is 0 Å². The lowest BCUT2D eigenvalue weighted by Crippen LogP contribution is -2.35. The molecule has 0 saturated carbocycles. The Kier molecular flexibility index (Phi) is 1.37. The summed E-state index contributed by atoms with van der Waals surface area (Å²) in [5.41, 5.74) is 3.02. The van der Waals surface area contributed by atoms with Crippen LogP contribution in [0, 0.1) is 0 Å². The molecule has 0 aromatic heterocycles. The first-order valence-electron chi connectivity index (χ1n) is 2.85. The molecule has 1 aliphatic heterocycles. The topological polar surface area (TPSA) is 18.3 Å². The van der Waals surface area contributed by atoms with Crippen LogP contribution in [-0.4, -0.2) is 36.7 Å². The van der Waals surface area contributed by atoms with E-state index in [0.29, 0.717) is 0 Å². The minimum Gasteiger partial charge on any atom is -0.174 e. The van der Waals surface area contributed by atoms with Gasteiger partial charge in [-0.2, -0.15) is 10.4 Å². The summed E-state index contributed by atoms with van der Waals surface area (Å²) in [4.78, 5) is 1.99. The van der Waals surface area contributed by atoms with Crippen molar-refractivity contribution in [2.75, 3.05) is 20.6 Å². The Hall–Kier alpha value is -0.730. The van der Waals surface area contributed by atoms with Crippen LogP contribution in [0.2, 0.25) is 0 Å². The van der Waals surface area contributed by atoms with Gasteiger partial charge in [-0.05, 0) is 4.79 Å². The molecule has 3 heteroatoms. The fourth-order valence-electron chi connectivity index (χ4n) is 0.876. The zero-order valence-electron chi connectivity index (χ0n) is 5.39. The average molecular weight is 114 g/mol. The van der Waals surface area contributed by atoms with Crippen LogP contribution in [0.15, 0.2) is 0 Å². The van der Waals surface area contributed by atoms with Gasteiger partial charge in [-0.15, -0.1) is 0 Å². The number of hydrazine groups is 2. The highest BCUT2D eigenvalue weighted by molar-refractivity contribution is 5.52. The van der Waals surface area contributed by atoms with Crippen molar-refractivity contribution in [3.8, 4) is 0 Å². The zero-order valence-corrected chi connectivity index (χ0v) is 5.39. The highest BCUT2D eigenvalue weighted by Crippen LogP contribution is 1.91. The lowest BCUT2D eigenvalue weighted by atomic mass is 10.5. The molecule has 0 aromatic carbocycles. The molecular formula is C5H12N3+. The summed E-state index contributed by atoms with van der Waals surface area (Å²) in [7, 11) is 3.97. The Morgan fingerprint density at radius 3 is 2.75 bits per heavy atom. The van der Waals surface area contributed by atoms with E-state index in [-0.39, 0.29) is 0 Å². The SMILES string of the molecule is CN[N+]1=CCCN1C. The summed E-state index contributed by atoms with van der Waals surface area (Å²) < 4.78 is 0. The number of hydrogen-bond donors (Lipinski definition) is 1. The molecule has 0 fully saturated rings. The second kappa shape index (κ2) is 2.03. The van der Waals surface area contributed by atoms with E-state index in [1.54, 1.807) is 0 Å². The number of hydrogen-bond acceptors (Lipinski definition) is 2. The van der Waals surface area contributed by atoms with Gasteiger partial charge in [0.15, 0.2) is 0 Å². The van der Waals surface area contributed by atoms with Gasteiger partial charge in [0.05, 0.1) is 27.1 Å². The molecule has 8 heavy (non-hydrogen) atoms. The van der Waals surface area contributed by atoms with Gasteiger partial charge in [0, 0.05) is 0 Å². The third-order valence-corrected chi connectivity index (χ3v) is 1.35. The van der Waals surface area contributed by atoms with Gasteiger partial charge in [0.2, 0.25) is 6.21 Å². The van der Waals surface area contributed by atoms with Crippen LogP contribution >= 0.6 is 0 Å². The molecule has 0 saturated heterocycles. The molecule has 0 amide bonds. The van der Waals surface area contributed by atoms with E-state index < -0.39 is 0 Å². The first kappa shape index (κ1) is 5.41. The molecule has 1 heterocycles. The molecular weight excluding hydrogens is 102 g/mol. The predicted molar refractivity (Wildman–Crippen MR) is 32.6 cm³/mol. The predicted octanol–water partition coefficient (Wildman–Crippen LogP) is -0.545. The van der Waals surface area contributed by atoms with Crippen molar-refractivity contribution in [1.29, 1.82) is 0 Å². The Bertz CT molecular complexity index is 108. The van der Waals surface area contributed by atoms with Gasteiger partial charge < -0.3 is 0 Å². The third kappa shape index (κ3) is 0.757. The summed E-state index contributed by atoms with van der Waals surface area (Å²) in [6, 6.07) is 0. The normalized spacial score (nSPS) is 18.8. The molecule has 1 aliphatic rings. The minimum absolute atomic E-state index is 1.13. The van der Waals surface area contributed by atoms with Crippen molar-refractivity contribution in [2.45, 2.75) is 6.42 Å². The first-order chi connectivity index (χ1) is 3.84. The monoisotopic (exact) mass is 114 g/mol. The van der Waals surface area contributed by atoms with Crippen molar-refractivity contribution in [2.24, 2.45) is 0 Å². The van der Waals surface area contributed by atoms with Gasteiger partial charge in [0.1, 0.15) is 0 Å². The van der Waals surface area contributed by atoms with Crippen LogP contribution in [0.5, 0.6) is 0 Å². The zero-order chi connectivity index (χ0) is 5.98. The highest BCUT2D eigenvalue weighted by atomic mass is 15.7. The molecule has 1 rings (SSSR count). The summed E-state index contributed by atoms with van der Waals surface area (Å²) in [5, 5.41) is 2.12. The van der Waals surface area contributed by atoms with Crippen molar-refractivity contribution in [3.05, 3.63) is 0 Å². The van der Waals surface area contributed by atoms with Crippen LogP contribution in [0.3, 0.4) is 0 Å². The van der Waals surface area contributed by atoms with Crippen molar-refractivity contribution < 1.29 is 4.79 Å². The maximum atomic E-state index is 3.02. The molecule has 0 unspecified atom stereocenters. The van der Waals surface area contributed by atoms with Gasteiger partial charge in [0.25, 0.3) is 0 Å². The Morgan fingerprint density at radius 1 is 1.75 bits per heavy atom. The molecule has 1 N–H and O–H groups in total. The van der Waals surface area contributed by atoms with E-state index in [9.17, 15) is 0 Å². The van der Waals surface area contributed by atoms with E-state index >= 15 is 0 Å². The van der Waals surface area contributed by atoms with Crippen molar-refractivity contribution >= 4 is 6.21 Å². The Balaban J connectivity index is 2.49. The van der Waals surface area contributed by atoms with E-state index in [2.05, 4.69) is 23.7 Å². The highest BCUT2D eigenvalue weighted by Gasteiger charge is 2.14. The molecule has 0 aromatic rings. The smallest absolute Gasteiger partial charge is 0.174 e. The maximum Gasteiger partial charge on any atom is 0.206 e. The summed E-state index contributed by atoms with van der Waals surface area (Å²) in [6.45, 7) is 1.13. The van der Waals surface area contributed by atoms with Crippen LogP contribution in [0.25, 0.3) is 0 Å². The largest absolute Gasteiger partial charge is 0.206 e. The number of nitrogens with one attached hydrogen (secondary N) is 1. The lowest BCUT2D eigenvalue weighted by molar-refractivity contribution is -0.716. The van der Waals surface area contributed by atoms with E-state index in [1.807, 2.05) is 11.8 Å². The van der Waals surface area contributed by atoms with E-state index in [1.165, 1.54) is 0 Å². The summed E-state index contributed by atoms with van der Waals surface area (Å²) >= 11 is 0. The maximum absolute atomic E-state index is 3.02. The van der Waals surface area contributed by atoms with Crippen molar-refractivity contribution in [1.82, 2.24) is 10.4 Å². The fraction of sp³-hybridized carbons (Fsp3) is 0.800. The van der Waals surface area contributed by atoms with Crippen LogP contribution in [0.1, 0.15) is 6.42 Å². The summed E-state index contributed by atoms with van der Waals surface area (Å²) in [5.74, 6) is 0. The Morgan fingerprint density at radius 2 is 2.50 bits per heavy atom. The first-order valence-corrected chi connectivity index (χ1v) is 2.85. The molecule has 0 atom stereocenters. The molecule has 0 radical (unpaired) electrons.